The first-order chi connectivity index (χ1) is 17.1. The molecule has 4 rings (SSSR count). The molecule has 0 aromatic heterocycles. The van der Waals surface area contributed by atoms with Gasteiger partial charge in [-0.2, -0.15) is 16.8 Å². The van der Waals surface area contributed by atoms with Crippen molar-refractivity contribution < 1.29 is 45.4 Å². The van der Waals surface area contributed by atoms with Crippen LogP contribution < -0.4 is 10.5 Å². The van der Waals surface area contributed by atoms with Crippen LogP contribution in [0.25, 0.3) is 5.57 Å². The predicted molar refractivity (Wildman–Crippen MR) is 132 cm³/mol. The molecule has 0 fully saturated rings. The summed E-state index contributed by atoms with van der Waals surface area (Å²) in [6.45, 7) is 3.30. The fourth-order valence-electron chi connectivity index (χ4n) is 4.24. The van der Waals surface area contributed by atoms with Gasteiger partial charge in [0.15, 0.2) is 22.2 Å². The van der Waals surface area contributed by atoms with Crippen LogP contribution in [0.2, 0.25) is 0 Å². The van der Waals surface area contributed by atoms with E-state index in [1.165, 1.54) is 36.4 Å². The predicted octanol–water partition coefficient (Wildman–Crippen LogP) is 3.31. The molecule has 2 aromatic carbocycles. The number of hydrogen-bond donors (Lipinski definition) is 4. The van der Waals surface area contributed by atoms with Crippen LogP contribution in [0.5, 0.6) is 5.75 Å². The summed E-state index contributed by atoms with van der Waals surface area (Å²) in [5, 5.41) is 10.0. The Kier molecular flexibility index (Phi) is 6.36. The summed E-state index contributed by atoms with van der Waals surface area (Å²) in [7, 11) is -9.86. The number of Topliss-reactive ketones (excluding diaryl/α,β-unsaturated/α-hetero) is 1. The molecule has 13 heteroatoms. The molecule has 11 nitrogen and oxygen atoms in total. The van der Waals surface area contributed by atoms with Crippen LogP contribution in [0, 0.1) is 5.92 Å². The van der Waals surface area contributed by atoms with E-state index in [1.54, 1.807) is 13.8 Å². The summed E-state index contributed by atoms with van der Waals surface area (Å²) in [4.78, 5) is 23.4. The molecule has 0 spiro atoms. The zero-order valence-electron chi connectivity index (χ0n) is 19.4. The van der Waals surface area contributed by atoms with Crippen molar-refractivity contribution in [3.63, 3.8) is 0 Å². The van der Waals surface area contributed by atoms with E-state index >= 15 is 0 Å². The van der Waals surface area contributed by atoms with E-state index in [0.29, 0.717) is 0 Å². The van der Waals surface area contributed by atoms with Crippen molar-refractivity contribution in [2.24, 2.45) is 5.92 Å². The Balaban J connectivity index is 2.18. The third-order valence-corrected chi connectivity index (χ3v) is 7.78. The van der Waals surface area contributed by atoms with Crippen LogP contribution in [0.4, 0.5) is 5.69 Å². The Morgan fingerprint density at radius 1 is 1.00 bits per heavy atom. The minimum atomic E-state index is -5.01. The van der Waals surface area contributed by atoms with E-state index in [9.17, 15) is 40.6 Å². The van der Waals surface area contributed by atoms with Crippen molar-refractivity contribution in [1.29, 1.82) is 0 Å². The first-order valence-electron chi connectivity index (χ1n) is 10.7. The summed E-state index contributed by atoms with van der Waals surface area (Å²) < 4.78 is 74.1. The number of hydrogen-bond acceptors (Lipinski definition) is 8. The van der Waals surface area contributed by atoms with Crippen molar-refractivity contribution in [1.82, 2.24) is 0 Å². The van der Waals surface area contributed by atoms with Gasteiger partial charge in [-0.05, 0) is 23.8 Å². The Morgan fingerprint density at radius 3 is 2.22 bits per heavy atom. The van der Waals surface area contributed by atoms with Gasteiger partial charge in [-0.1, -0.05) is 38.1 Å². The lowest BCUT2D eigenvalue weighted by molar-refractivity contribution is 0.0696. The summed E-state index contributed by atoms with van der Waals surface area (Å²) in [5.74, 6) is -3.16. The highest BCUT2D eigenvalue weighted by molar-refractivity contribution is 7.89. The molecule has 37 heavy (non-hydrogen) atoms. The van der Waals surface area contributed by atoms with Gasteiger partial charge < -0.3 is 15.6 Å². The number of nitrogen functional groups attached to an aromatic ring is 1. The molecule has 2 aromatic rings. The maximum atomic E-state index is 12.5. The molecule has 0 radical (unpaired) electrons. The van der Waals surface area contributed by atoms with Crippen molar-refractivity contribution in [2.75, 3.05) is 5.73 Å². The van der Waals surface area contributed by atoms with Gasteiger partial charge in [-0.15, -0.1) is 0 Å². The maximum Gasteiger partial charge on any atom is 0.336 e. The molecule has 2 aliphatic rings. The van der Waals surface area contributed by atoms with E-state index < -0.39 is 59.1 Å². The lowest BCUT2D eigenvalue weighted by Crippen LogP contribution is -2.21. The third kappa shape index (κ3) is 4.57. The van der Waals surface area contributed by atoms with Gasteiger partial charge in [-0.3, -0.25) is 13.9 Å². The SMILES string of the molecule is CC(C)C(=O)c1ccc(C2=C3C=CCC(S(=O)(=O)O)=C3Oc3c2ccc(N)c3S(=O)(=O)O)c(C(=O)O)c1. The Morgan fingerprint density at radius 2 is 1.65 bits per heavy atom. The number of carboxylic acids is 1. The number of rotatable bonds is 6. The fourth-order valence-corrected chi connectivity index (χ4v) is 5.68. The van der Waals surface area contributed by atoms with E-state index in [2.05, 4.69) is 0 Å². The number of benzene rings is 2. The molecule has 1 aliphatic carbocycles. The highest BCUT2D eigenvalue weighted by Crippen LogP contribution is 2.49. The largest absolute Gasteiger partial charge is 0.478 e. The van der Waals surface area contributed by atoms with Crippen molar-refractivity contribution >= 4 is 43.2 Å². The molecule has 0 saturated heterocycles. The third-order valence-electron chi connectivity index (χ3n) is 5.87. The van der Waals surface area contributed by atoms with Crippen LogP contribution in [-0.4, -0.2) is 42.8 Å². The highest BCUT2D eigenvalue weighted by Gasteiger charge is 2.37. The van der Waals surface area contributed by atoms with Crippen molar-refractivity contribution in [3.8, 4) is 5.75 Å². The molecule has 5 N–H and O–H groups in total. The van der Waals surface area contributed by atoms with Crippen LogP contribution in [0.1, 0.15) is 52.1 Å². The van der Waals surface area contributed by atoms with E-state index in [4.69, 9.17) is 10.5 Å². The first-order valence-corrected chi connectivity index (χ1v) is 13.6. The number of anilines is 1. The fraction of sp³-hybridized carbons (Fsp3) is 0.167. The number of carbonyl (C=O) groups is 2. The number of fused-ring (bicyclic) bond motifs is 2. The van der Waals surface area contributed by atoms with Gasteiger partial charge in [0.25, 0.3) is 20.2 Å². The summed E-state index contributed by atoms with van der Waals surface area (Å²) in [5.41, 5.74) is 5.21. The molecule has 0 bridgehead atoms. The molecule has 1 heterocycles. The first kappa shape index (κ1) is 26.3. The average Bonchev–Trinajstić information content (AvgIpc) is 2.79. The lowest BCUT2D eigenvalue weighted by Gasteiger charge is -2.30. The van der Waals surface area contributed by atoms with E-state index in [-0.39, 0.29) is 45.6 Å². The van der Waals surface area contributed by atoms with Crippen LogP contribution in [-0.2, 0) is 20.2 Å². The summed E-state index contributed by atoms with van der Waals surface area (Å²) in [6.07, 6.45) is 2.52. The zero-order valence-corrected chi connectivity index (χ0v) is 21.1. The number of ketones is 1. The molecule has 0 amide bonds. The van der Waals surface area contributed by atoms with Gasteiger partial charge in [0, 0.05) is 34.6 Å². The van der Waals surface area contributed by atoms with E-state index in [1.807, 2.05) is 0 Å². The number of allylic oxidation sites excluding steroid dienone is 3. The maximum absolute atomic E-state index is 12.5. The minimum absolute atomic E-state index is 0.00264. The Bertz CT molecular complexity index is 1690. The Hall–Kier alpha value is -3.78. The number of carboxylic acid groups (broad SMARTS) is 1. The van der Waals surface area contributed by atoms with Gasteiger partial charge in [0.2, 0.25) is 0 Å². The van der Waals surface area contributed by atoms with Gasteiger partial charge >= 0.3 is 5.97 Å². The van der Waals surface area contributed by atoms with Crippen molar-refractivity contribution in [3.05, 3.63) is 81.0 Å². The van der Waals surface area contributed by atoms with Crippen LogP contribution in [0.15, 0.2) is 63.6 Å². The number of ether oxygens (including phenoxy) is 1. The Labute approximate surface area is 212 Å². The van der Waals surface area contributed by atoms with Crippen LogP contribution in [0.3, 0.4) is 0 Å². The molecule has 1 aliphatic heterocycles. The quantitative estimate of drug-likeness (QED) is 0.235. The number of carbonyl (C=O) groups excluding carboxylic acids is 1. The molecular weight excluding hydrogens is 526 g/mol. The number of nitrogens with two attached hydrogens (primary N) is 1. The second kappa shape index (κ2) is 8.95. The van der Waals surface area contributed by atoms with Gasteiger partial charge in [0.05, 0.1) is 11.3 Å². The second-order valence-electron chi connectivity index (χ2n) is 8.64. The smallest absolute Gasteiger partial charge is 0.336 e. The normalized spacial score (nSPS) is 15.4. The van der Waals surface area contributed by atoms with Crippen LogP contribution >= 0.6 is 0 Å². The minimum Gasteiger partial charge on any atom is -0.478 e. The summed E-state index contributed by atoms with van der Waals surface area (Å²) in [6, 6.07) is 6.39. The monoisotopic (exact) mass is 547 g/mol. The van der Waals surface area contributed by atoms with E-state index in [0.717, 1.165) is 6.07 Å². The van der Waals surface area contributed by atoms with Crippen molar-refractivity contribution in [2.45, 2.75) is 25.2 Å². The lowest BCUT2D eigenvalue weighted by atomic mass is 9.84. The molecule has 0 atom stereocenters. The highest BCUT2D eigenvalue weighted by atomic mass is 32.2. The number of aromatic carboxylic acids is 1. The van der Waals surface area contributed by atoms with Gasteiger partial charge in [0.1, 0.15) is 4.91 Å². The van der Waals surface area contributed by atoms with Gasteiger partial charge in [-0.25, -0.2) is 4.79 Å². The zero-order chi connectivity index (χ0) is 27.4. The molecule has 0 saturated carbocycles. The molecule has 0 unspecified atom stereocenters. The topological polar surface area (TPSA) is 198 Å². The molecular formula is C24H21NO10S2. The average molecular weight is 548 g/mol. The standard InChI is InChI=1S/C24H21NO10S2/c1-11(2)20(26)12-6-7-13(16(10-12)24(27)28)19-14-4-3-5-18(36(29,30)31)21(14)35-22-15(19)8-9-17(25)23(22)37(32,33)34/h3-4,6-11H,5,25H2,1-2H3,(H,27,28)(H,29,30,31)(H,32,33,34). The summed E-state index contributed by atoms with van der Waals surface area (Å²) >= 11 is 0. The second-order valence-corrected chi connectivity index (χ2v) is 11.4. The molecule has 194 valence electrons.